The Morgan fingerprint density at radius 1 is 1.08 bits per heavy atom. The summed E-state index contributed by atoms with van der Waals surface area (Å²) in [6.07, 6.45) is 1.01. The molecule has 0 spiro atoms. The molecule has 0 aliphatic carbocycles. The Bertz CT molecular complexity index is 256. The van der Waals surface area contributed by atoms with Gasteiger partial charge in [-0.05, 0) is 24.1 Å². The monoisotopic (exact) mass is 182 g/mol. The lowest BCUT2D eigenvalue weighted by molar-refractivity contribution is 0.354. The molecule has 0 fully saturated rings. The van der Waals surface area contributed by atoms with Crippen molar-refractivity contribution in [3.05, 3.63) is 23.8 Å². The molecule has 0 radical (unpaired) electrons. The molecule has 1 aromatic rings. The summed E-state index contributed by atoms with van der Waals surface area (Å²) in [6, 6.07) is 5.97. The van der Waals surface area contributed by atoms with E-state index in [0.717, 1.165) is 17.9 Å². The molecular formula is C11H18O2. The lowest BCUT2D eigenvalue weighted by Crippen LogP contribution is -1.91. The molecule has 0 N–H and O–H groups in total. The standard InChI is InChI=1S/C10H14O2.CH4/c1-4-8-5-6-9(11-2)10(7-8)12-3;/h5-7H,4H2,1-3H3;1H4. The van der Waals surface area contributed by atoms with Gasteiger partial charge >= 0.3 is 0 Å². The van der Waals surface area contributed by atoms with Gasteiger partial charge in [0.15, 0.2) is 11.5 Å². The maximum atomic E-state index is 5.15. The Balaban J connectivity index is 0.00000144. The first-order valence-corrected chi connectivity index (χ1v) is 4.02. The van der Waals surface area contributed by atoms with E-state index in [9.17, 15) is 0 Å². The van der Waals surface area contributed by atoms with Crippen molar-refractivity contribution < 1.29 is 9.47 Å². The smallest absolute Gasteiger partial charge is 0.160 e. The molecule has 2 nitrogen and oxygen atoms in total. The van der Waals surface area contributed by atoms with Crippen LogP contribution >= 0.6 is 0 Å². The van der Waals surface area contributed by atoms with Crippen molar-refractivity contribution in [2.45, 2.75) is 20.8 Å². The third kappa shape index (κ3) is 2.65. The molecule has 0 saturated heterocycles. The molecule has 74 valence electrons. The third-order valence-corrected chi connectivity index (χ3v) is 1.86. The summed E-state index contributed by atoms with van der Waals surface area (Å²) in [5.74, 6) is 1.59. The lowest BCUT2D eigenvalue weighted by Gasteiger charge is -2.07. The maximum absolute atomic E-state index is 5.15. The largest absolute Gasteiger partial charge is 0.493 e. The van der Waals surface area contributed by atoms with Gasteiger partial charge in [-0.1, -0.05) is 20.4 Å². The fourth-order valence-electron chi connectivity index (χ4n) is 1.10. The zero-order valence-corrected chi connectivity index (χ0v) is 7.76. The molecule has 0 unspecified atom stereocenters. The SMILES string of the molecule is C.CCc1ccc(OC)c(OC)c1. The average molecular weight is 182 g/mol. The Morgan fingerprint density at radius 3 is 2.15 bits per heavy atom. The van der Waals surface area contributed by atoms with Crippen LogP contribution in [0.4, 0.5) is 0 Å². The molecule has 2 heteroatoms. The van der Waals surface area contributed by atoms with Crippen LogP contribution in [0, 0.1) is 0 Å². The van der Waals surface area contributed by atoms with Gasteiger partial charge < -0.3 is 9.47 Å². The van der Waals surface area contributed by atoms with E-state index in [1.165, 1.54) is 5.56 Å². The number of ether oxygens (including phenoxy) is 2. The predicted octanol–water partition coefficient (Wildman–Crippen LogP) is 2.90. The summed E-state index contributed by atoms with van der Waals surface area (Å²) in [4.78, 5) is 0. The van der Waals surface area contributed by atoms with Gasteiger partial charge in [0.05, 0.1) is 14.2 Å². The molecule has 0 aromatic heterocycles. The van der Waals surface area contributed by atoms with Gasteiger partial charge in [-0.25, -0.2) is 0 Å². The van der Waals surface area contributed by atoms with Crippen LogP contribution in [0.5, 0.6) is 11.5 Å². The van der Waals surface area contributed by atoms with E-state index >= 15 is 0 Å². The van der Waals surface area contributed by atoms with Crippen LogP contribution in [0.1, 0.15) is 19.9 Å². The number of benzene rings is 1. The molecule has 0 atom stereocenters. The second kappa shape index (κ2) is 5.46. The summed E-state index contributed by atoms with van der Waals surface area (Å²) < 4.78 is 10.3. The Hall–Kier alpha value is -1.18. The van der Waals surface area contributed by atoms with Gasteiger partial charge in [-0.2, -0.15) is 0 Å². The van der Waals surface area contributed by atoms with Crippen molar-refractivity contribution in [3.63, 3.8) is 0 Å². The van der Waals surface area contributed by atoms with Gasteiger partial charge in [0.25, 0.3) is 0 Å². The van der Waals surface area contributed by atoms with Gasteiger partial charge in [0.2, 0.25) is 0 Å². The molecular weight excluding hydrogens is 164 g/mol. The fraction of sp³-hybridized carbons (Fsp3) is 0.455. The van der Waals surface area contributed by atoms with Gasteiger partial charge in [-0.15, -0.1) is 0 Å². The highest BCUT2D eigenvalue weighted by atomic mass is 16.5. The number of hydrogen-bond donors (Lipinski definition) is 0. The van der Waals surface area contributed by atoms with E-state index in [1.807, 2.05) is 18.2 Å². The summed E-state index contributed by atoms with van der Waals surface area (Å²) in [7, 11) is 3.29. The summed E-state index contributed by atoms with van der Waals surface area (Å²) in [5, 5.41) is 0. The highest BCUT2D eigenvalue weighted by Gasteiger charge is 2.02. The van der Waals surface area contributed by atoms with E-state index in [2.05, 4.69) is 6.92 Å². The second-order valence-corrected chi connectivity index (χ2v) is 2.54. The third-order valence-electron chi connectivity index (χ3n) is 1.86. The predicted molar refractivity (Wildman–Crippen MR) is 55.7 cm³/mol. The van der Waals surface area contributed by atoms with Gasteiger partial charge in [-0.3, -0.25) is 0 Å². The van der Waals surface area contributed by atoms with Crippen LogP contribution in [0.2, 0.25) is 0 Å². The van der Waals surface area contributed by atoms with E-state index in [1.54, 1.807) is 14.2 Å². The second-order valence-electron chi connectivity index (χ2n) is 2.54. The summed E-state index contributed by atoms with van der Waals surface area (Å²) in [5.41, 5.74) is 1.26. The number of rotatable bonds is 3. The zero-order valence-electron chi connectivity index (χ0n) is 7.76. The van der Waals surface area contributed by atoms with Gasteiger partial charge in [0.1, 0.15) is 0 Å². The fourth-order valence-corrected chi connectivity index (χ4v) is 1.10. The molecule has 1 aromatic carbocycles. The lowest BCUT2D eigenvalue weighted by atomic mass is 10.1. The van der Waals surface area contributed by atoms with Crippen molar-refractivity contribution >= 4 is 0 Å². The van der Waals surface area contributed by atoms with Crippen LogP contribution in [0.15, 0.2) is 18.2 Å². The minimum Gasteiger partial charge on any atom is -0.493 e. The minimum absolute atomic E-state index is 0. The summed E-state index contributed by atoms with van der Waals surface area (Å²) in [6.45, 7) is 2.11. The molecule has 0 aliphatic heterocycles. The van der Waals surface area contributed by atoms with Gasteiger partial charge in [0, 0.05) is 0 Å². The Morgan fingerprint density at radius 2 is 1.69 bits per heavy atom. The molecule has 0 heterocycles. The van der Waals surface area contributed by atoms with Crippen molar-refractivity contribution in [2.75, 3.05) is 14.2 Å². The van der Waals surface area contributed by atoms with Crippen LogP contribution in [-0.4, -0.2) is 14.2 Å². The summed E-state index contributed by atoms with van der Waals surface area (Å²) >= 11 is 0. The maximum Gasteiger partial charge on any atom is 0.160 e. The van der Waals surface area contributed by atoms with E-state index < -0.39 is 0 Å². The van der Waals surface area contributed by atoms with E-state index in [0.29, 0.717) is 0 Å². The highest BCUT2D eigenvalue weighted by molar-refractivity contribution is 5.42. The molecule has 0 amide bonds. The molecule has 0 saturated carbocycles. The normalized spacial score (nSPS) is 8.85. The van der Waals surface area contributed by atoms with Crippen molar-refractivity contribution in [1.29, 1.82) is 0 Å². The molecule has 0 bridgehead atoms. The molecule has 0 aliphatic rings. The number of hydrogen-bond acceptors (Lipinski definition) is 2. The van der Waals surface area contributed by atoms with Crippen molar-refractivity contribution in [3.8, 4) is 11.5 Å². The number of methoxy groups -OCH3 is 2. The van der Waals surface area contributed by atoms with E-state index in [4.69, 9.17) is 9.47 Å². The Kier molecular flexibility index (Phi) is 4.97. The Labute approximate surface area is 80.5 Å². The molecule has 13 heavy (non-hydrogen) atoms. The quantitative estimate of drug-likeness (QED) is 0.715. The first-order valence-electron chi connectivity index (χ1n) is 4.02. The highest BCUT2D eigenvalue weighted by Crippen LogP contribution is 2.27. The van der Waals surface area contributed by atoms with Crippen LogP contribution in [0.3, 0.4) is 0 Å². The first-order chi connectivity index (χ1) is 5.81. The molecule has 1 rings (SSSR count). The minimum atomic E-state index is 0. The number of aryl methyl sites for hydroxylation is 1. The van der Waals surface area contributed by atoms with Crippen LogP contribution in [-0.2, 0) is 6.42 Å². The van der Waals surface area contributed by atoms with Crippen molar-refractivity contribution in [1.82, 2.24) is 0 Å². The van der Waals surface area contributed by atoms with Crippen LogP contribution in [0.25, 0.3) is 0 Å². The zero-order chi connectivity index (χ0) is 8.97. The first kappa shape index (κ1) is 11.8. The average Bonchev–Trinajstić information content (AvgIpc) is 2.16. The van der Waals surface area contributed by atoms with Crippen molar-refractivity contribution in [2.24, 2.45) is 0 Å². The van der Waals surface area contributed by atoms with Crippen LogP contribution < -0.4 is 9.47 Å². The van der Waals surface area contributed by atoms with E-state index in [-0.39, 0.29) is 7.43 Å². The topological polar surface area (TPSA) is 18.5 Å².